The molecule has 2 aromatic heterocycles. The highest BCUT2D eigenvalue weighted by molar-refractivity contribution is 5.94. The van der Waals surface area contributed by atoms with E-state index in [0.717, 1.165) is 11.3 Å². The van der Waals surface area contributed by atoms with Gasteiger partial charge in [0.25, 0.3) is 5.91 Å². The van der Waals surface area contributed by atoms with Gasteiger partial charge < -0.3 is 23.8 Å². The maximum atomic E-state index is 12.8. The van der Waals surface area contributed by atoms with Crippen LogP contribution in [0.5, 0.6) is 23.1 Å². The Labute approximate surface area is 179 Å². The summed E-state index contributed by atoms with van der Waals surface area (Å²) in [6.45, 7) is 2.90. The minimum Gasteiger partial charge on any atom is -0.493 e. The average Bonchev–Trinajstić information content (AvgIpc) is 3.25. The number of nitrogens with one attached hydrogen (secondary N) is 1. The molecule has 3 heterocycles. The first kappa shape index (κ1) is 20.5. The highest BCUT2D eigenvalue weighted by Crippen LogP contribution is 2.40. The molecule has 1 aromatic carbocycles. The lowest BCUT2D eigenvalue weighted by Gasteiger charge is -2.38. The van der Waals surface area contributed by atoms with Gasteiger partial charge in [-0.05, 0) is 31.2 Å². The van der Waals surface area contributed by atoms with E-state index in [9.17, 15) is 4.79 Å². The van der Waals surface area contributed by atoms with Gasteiger partial charge in [0, 0.05) is 17.3 Å². The number of aromatic nitrogens is 3. The van der Waals surface area contributed by atoms with E-state index < -0.39 is 0 Å². The molecule has 1 amide bonds. The summed E-state index contributed by atoms with van der Waals surface area (Å²) < 4.78 is 22.0. The molecule has 1 aliphatic rings. The Hall–Kier alpha value is -3.75. The number of pyridine rings is 1. The van der Waals surface area contributed by atoms with E-state index in [2.05, 4.69) is 15.2 Å². The van der Waals surface area contributed by atoms with Crippen molar-refractivity contribution in [3.63, 3.8) is 0 Å². The van der Waals surface area contributed by atoms with Gasteiger partial charge in [-0.25, -0.2) is 4.98 Å². The van der Waals surface area contributed by atoms with Crippen molar-refractivity contribution < 1.29 is 23.7 Å². The molecular weight excluding hydrogens is 400 g/mol. The Bertz CT molecular complexity index is 1070. The van der Waals surface area contributed by atoms with Crippen LogP contribution in [-0.2, 0) is 0 Å². The van der Waals surface area contributed by atoms with Crippen LogP contribution in [-0.4, -0.2) is 66.5 Å². The van der Waals surface area contributed by atoms with Crippen molar-refractivity contribution in [2.45, 2.75) is 13.0 Å². The first-order valence-corrected chi connectivity index (χ1v) is 9.77. The minimum absolute atomic E-state index is 0.0734. The summed E-state index contributed by atoms with van der Waals surface area (Å²) in [5, 5.41) is 7.11. The number of rotatable bonds is 7. The number of hydrogen-bond donors (Lipinski definition) is 1. The Morgan fingerprint density at radius 1 is 1.06 bits per heavy atom. The standard InChI is InChI=1S/C22H24N4O5/c1-13-6-5-7-20(23-13)31-15-11-26(12-15)22(27)17-10-16(24-25-17)14-8-18(28-2)21(30-4)19(9-14)29-3/h5-10,15H,11-12H2,1-4H3,(H,24,25). The molecule has 0 bridgehead atoms. The predicted octanol–water partition coefficient (Wildman–Crippen LogP) is 2.71. The van der Waals surface area contributed by atoms with Crippen molar-refractivity contribution in [2.24, 2.45) is 0 Å². The molecule has 9 heteroatoms. The number of methoxy groups -OCH3 is 3. The summed E-state index contributed by atoms with van der Waals surface area (Å²) >= 11 is 0. The van der Waals surface area contributed by atoms with Gasteiger partial charge >= 0.3 is 0 Å². The number of aromatic amines is 1. The summed E-state index contributed by atoms with van der Waals surface area (Å²) in [7, 11) is 4.65. The molecule has 0 atom stereocenters. The van der Waals surface area contributed by atoms with Crippen LogP contribution in [0.15, 0.2) is 36.4 Å². The van der Waals surface area contributed by atoms with E-state index >= 15 is 0 Å². The predicted molar refractivity (Wildman–Crippen MR) is 113 cm³/mol. The van der Waals surface area contributed by atoms with Crippen molar-refractivity contribution in [2.75, 3.05) is 34.4 Å². The lowest BCUT2D eigenvalue weighted by atomic mass is 10.1. The highest BCUT2D eigenvalue weighted by atomic mass is 16.5. The Balaban J connectivity index is 1.44. The highest BCUT2D eigenvalue weighted by Gasteiger charge is 2.34. The first-order chi connectivity index (χ1) is 15.0. The smallest absolute Gasteiger partial charge is 0.272 e. The van der Waals surface area contributed by atoms with Crippen LogP contribution in [0, 0.1) is 6.92 Å². The van der Waals surface area contributed by atoms with E-state index in [4.69, 9.17) is 18.9 Å². The second-order valence-corrected chi connectivity index (χ2v) is 7.15. The molecule has 1 aliphatic heterocycles. The number of nitrogens with zero attached hydrogens (tertiary/aromatic N) is 3. The van der Waals surface area contributed by atoms with Gasteiger partial charge in [-0.15, -0.1) is 0 Å². The van der Waals surface area contributed by atoms with E-state index in [0.29, 0.717) is 47.6 Å². The number of benzene rings is 1. The molecule has 162 valence electrons. The summed E-state index contributed by atoms with van der Waals surface area (Å²) in [4.78, 5) is 18.8. The molecule has 0 aliphatic carbocycles. The summed E-state index contributed by atoms with van der Waals surface area (Å²) in [5.74, 6) is 1.96. The Kier molecular flexibility index (Phi) is 5.66. The third-order valence-electron chi connectivity index (χ3n) is 5.05. The summed E-state index contributed by atoms with van der Waals surface area (Å²) in [5.41, 5.74) is 2.62. The number of H-pyrrole nitrogens is 1. The van der Waals surface area contributed by atoms with Gasteiger partial charge in [0.05, 0.1) is 40.1 Å². The SMILES string of the molecule is COc1cc(-c2cc(C(=O)N3CC(Oc4cccc(C)n4)C3)[nH]n2)cc(OC)c1OC. The number of likely N-dealkylation sites (tertiary alicyclic amines) is 1. The molecule has 31 heavy (non-hydrogen) atoms. The number of carbonyl (C=O) groups is 1. The molecule has 0 radical (unpaired) electrons. The molecule has 3 aromatic rings. The zero-order chi connectivity index (χ0) is 22.0. The first-order valence-electron chi connectivity index (χ1n) is 9.77. The van der Waals surface area contributed by atoms with Crippen LogP contribution in [0.1, 0.15) is 16.2 Å². The normalized spacial score (nSPS) is 13.5. The molecular formula is C22H24N4O5. The van der Waals surface area contributed by atoms with Gasteiger partial charge in [-0.1, -0.05) is 6.07 Å². The quantitative estimate of drug-likeness (QED) is 0.623. The Morgan fingerprint density at radius 2 is 1.77 bits per heavy atom. The number of hydrogen-bond acceptors (Lipinski definition) is 7. The monoisotopic (exact) mass is 424 g/mol. The van der Waals surface area contributed by atoms with E-state index in [1.54, 1.807) is 44.4 Å². The van der Waals surface area contributed by atoms with Gasteiger partial charge in [-0.3, -0.25) is 9.89 Å². The molecule has 0 spiro atoms. The average molecular weight is 424 g/mol. The fraction of sp³-hybridized carbons (Fsp3) is 0.318. The van der Waals surface area contributed by atoms with Crippen molar-refractivity contribution >= 4 is 5.91 Å². The molecule has 9 nitrogen and oxygen atoms in total. The maximum absolute atomic E-state index is 12.8. The van der Waals surface area contributed by atoms with Crippen LogP contribution < -0.4 is 18.9 Å². The van der Waals surface area contributed by atoms with E-state index in [1.165, 1.54) is 0 Å². The van der Waals surface area contributed by atoms with Crippen LogP contribution in [0.3, 0.4) is 0 Å². The van der Waals surface area contributed by atoms with Gasteiger partial charge in [0.1, 0.15) is 11.8 Å². The van der Waals surface area contributed by atoms with Crippen molar-refractivity contribution in [1.29, 1.82) is 0 Å². The van der Waals surface area contributed by atoms with Crippen molar-refractivity contribution in [3.8, 4) is 34.4 Å². The lowest BCUT2D eigenvalue weighted by molar-refractivity contribution is 0.0155. The minimum atomic E-state index is -0.136. The zero-order valence-electron chi connectivity index (χ0n) is 17.8. The third kappa shape index (κ3) is 4.11. The number of ether oxygens (including phenoxy) is 4. The van der Waals surface area contributed by atoms with Crippen LogP contribution in [0.4, 0.5) is 0 Å². The van der Waals surface area contributed by atoms with Gasteiger partial charge in [0.15, 0.2) is 11.5 Å². The molecule has 1 N–H and O–H groups in total. The van der Waals surface area contributed by atoms with E-state index in [1.807, 2.05) is 25.1 Å². The van der Waals surface area contributed by atoms with Crippen molar-refractivity contribution in [3.05, 3.63) is 47.8 Å². The third-order valence-corrected chi connectivity index (χ3v) is 5.05. The molecule has 4 rings (SSSR count). The topological polar surface area (TPSA) is 98.8 Å². The van der Waals surface area contributed by atoms with Crippen molar-refractivity contribution in [1.82, 2.24) is 20.1 Å². The maximum Gasteiger partial charge on any atom is 0.272 e. The molecule has 0 saturated carbocycles. The largest absolute Gasteiger partial charge is 0.493 e. The molecule has 1 saturated heterocycles. The number of aryl methyl sites for hydroxylation is 1. The number of carbonyl (C=O) groups excluding carboxylic acids is 1. The van der Waals surface area contributed by atoms with Gasteiger partial charge in [0.2, 0.25) is 11.6 Å². The fourth-order valence-electron chi connectivity index (χ4n) is 3.41. The fourth-order valence-corrected chi connectivity index (χ4v) is 3.41. The number of amides is 1. The van der Waals surface area contributed by atoms with Crippen LogP contribution >= 0.6 is 0 Å². The summed E-state index contributed by atoms with van der Waals surface area (Å²) in [6, 6.07) is 10.9. The van der Waals surface area contributed by atoms with Crippen LogP contribution in [0.25, 0.3) is 11.3 Å². The molecule has 0 unspecified atom stereocenters. The Morgan fingerprint density at radius 3 is 2.39 bits per heavy atom. The van der Waals surface area contributed by atoms with Crippen LogP contribution in [0.2, 0.25) is 0 Å². The van der Waals surface area contributed by atoms with Gasteiger partial charge in [-0.2, -0.15) is 5.10 Å². The second-order valence-electron chi connectivity index (χ2n) is 7.15. The lowest BCUT2D eigenvalue weighted by Crippen LogP contribution is -2.56. The second kappa shape index (κ2) is 8.55. The molecule has 1 fully saturated rings. The van der Waals surface area contributed by atoms with E-state index in [-0.39, 0.29) is 12.0 Å². The summed E-state index contributed by atoms with van der Waals surface area (Å²) in [6.07, 6.45) is -0.0734. The zero-order valence-corrected chi connectivity index (χ0v) is 17.8.